The van der Waals surface area contributed by atoms with Crippen molar-refractivity contribution in [2.45, 2.75) is 32.6 Å². The summed E-state index contributed by atoms with van der Waals surface area (Å²) in [5.41, 5.74) is 4.33. The fraction of sp³-hybridized carbons (Fsp3) is 0.542. The lowest BCUT2D eigenvalue weighted by Gasteiger charge is -2.36. The minimum absolute atomic E-state index is 0.182. The van der Waals surface area contributed by atoms with Gasteiger partial charge in [0.15, 0.2) is 0 Å². The van der Waals surface area contributed by atoms with Gasteiger partial charge in [-0.1, -0.05) is 0 Å². The molecule has 30 heavy (non-hydrogen) atoms. The van der Waals surface area contributed by atoms with Crippen molar-refractivity contribution in [1.29, 1.82) is 0 Å². The number of unbranched alkanes of at least 4 members (excludes halogenated alkanes) is 1. The number of carbonyl (C=O) groups excluding carboxylic acids is 1. The van der Waals surface area contributed by atoms with Crippen molar-refractivity contribution in [2.24, 2.45) is 7.05 Å². The SMILES string of the molecule is Cc1cn(C)c2c1C(=O)N(CCCCN1CCN(c3ccc(F)cc3)CC1)CCC2. The highest BCUT2D eigenvalue weighted by molar-refractivity contribution is 5.97. The number of hydrogen-bond acceptors (Lipinski definition) is 3. The minimum atomic E-state index is -0.182. The zero-order valence-electron chi connectivity index (χ0n) is 18.2. The van der Waals surface area contributed by atoms with E-state index >= 15 is 0 Å². The molecule has 3 heterocycles. The summed E-state index contributed by atoms with van der Waals surface area (Å²) in [4.78, 5) is 19.9. The first-order chi connectivity index (χ1) is 14.5. The van der Waals surface area contributed by atoms with E-state index in [9.17, 15) is 9.18 Å². The molecule has 2 aliphatic heterocycles. The molecule has 4 rings (SSSR count). The molecule has 0 aliphatic carbocycles. The van der Waals surface area contributed by atoms with Gasteiger partial charge in [-0.25, -0.2) is 4.39 Å². The Balaban J connectivity index is 1.21. The molecule has 6 heteroatoms. The third-order valence-corrected chi connectivity index (χ3v) is 6.56. The average molecular weight is 413 g/mol. The maximum absolute atomic E-state index is 13.1. The number of fused-ring (bicyclic) bond motifs is 1. The van der Waals surface area contributed by atoms with E-state index in [1.165, 1.54) is 17.8 Å². The first-order valence-electron chi connectivity index (χ1n) is 11.2. The number of aryl methyl sites for hydroxylation is 2. The fourth-order valence-electron chi connectivity index (χ4n) is 4.86. The summed E-state index contributed by atoms with van der Waals surface area (Å²) >= 11 is 0. The van der Waals surface area contributed by atoms with Crippen LogP contribution >= 0.6 is 0 Å². The molecule has 162 valence electrons. The number of piperazine rings is 1. The van der Waals surface area contributed by atoms with Crippen LogP contribution in [-0.2, 0) is 13.5 Å². The van der Waals surface area contributed by atoms with E-state index in [1.54, 1.807) is 0 Å². The van der Waals surface area contributed by atoms with Crippen molar-refractivity contribution < 1.29 is 9.18 Å². The standard InChI is InChI=1S/C24H33FN4O/c1-19-18-26(2)22-6-5-13-29(24(30)23(19)22)12-4-3-11-27-14-16-28(17-15-27)21-9-7-20(25)8-10-21/h7-10,18H,3-6,11-17H2,1-2H3. The Morgan fingerprint density at radius 2 is 1.67 bits per heavy atom. The van der Waals surface area contributed by atoms with Crippen LogP contribution in [-0.4, -0.2) is 66.1 Å². The molecular formula is C24H33FN4O. The molecule has 0 spiro atoms. The summed E-state index contributed by atoms with van der Waals surface area (Å²) in [7, 11) is 2.05. The van der Waals surface area contributed by atoms with Crippen LogP contribution in [0.3, 0.4) is 0 Å². The van der Waals surface area contributed by atoms with Crippen molar-refractivity contribution in [3.8, 4) is 0 Å². The lowest BCUT2D eigenvalue weighted by atomic mass is 10.1. The van der Waals surface area contributed by atoms with Crippen LogP contribution in [0.2, 0.25) is 0 Å². The highest BCUT2D eigenvalue weighted by Gasteiger charge is 2.26. The molecule has 5 nitrogen and oxygen atoms in total. The number of aromatic nitrogens is 1. The number of halogens is 1. The van der Waals surface area contributed by atoms with Gasteiger partial charge in [-0.05, 0) is 69.0 Å². The average Bonchev–Trinajstić information content (AvgIpc) is 2.92. The summed E-state index contributed by atoms with van der Waals surface area (Å²) in [6.07, 6.45) is 6.27. The number of rotatable bonds is 6. The molecule has 0 unspecified atom stereocenters. The third kappa shape index (κ3) is 4.53. The number of hydrogen-bond donors (Lipinski definition) is 0. The molecule has 0 radical (unpaired) electrons. The zero-order valence-corrected chi connectivity index (χ0v) is 18.2. The van der Waals surface area contributed by atoms with E-state index in [-0.39, 0.29) is 11.7 Å². The van der Waals surface area contributed by atoms with Gasteiger partial charge in [0, 0.05) is 63.9 Å². The molecule has 1 amide bonds. The lowest BCUT2D eigenvalue weighted by Crippen LogP contribution is -2.46. The maximum Gasteiger partial charge on any atom is 0.255 e. The van der Waals surface area contributed by atoms with Crippen molar-refractivity contribution in [1.82, 2.24) is 14.4 Å². The molecule has 0 bridgehead atoms. The predicted octanol–water partition coefficient (Wildman–Crippen LogP) is 3.46. The quantitative estimate of drug-likeness (QED) is 0.681. The number of carbonyl (C=O) groups is 1. The van der Waals surface area contributed by atoms with E-state index in [1.807, 2.05) is 26.1 Å². The minimum Gasteiger partial charge on any atom is -0.369 e. The molecule has 1 saturated heterocycles. The molecule has 1 fully saturated rings. The zero-order chi connectivity index (χ0) is 21.1. The van der Waals surface area contributed by atoms with Crippen LogP contribution in [0.25, 0.3) is 0 Å². The summed E-state index contributed by atoms with van der Waals surface area (Å²) in [6.45, 7) is 8.87. The summed E-state index contributed by atoms with van der Waals surface area (Å²) in [5.74, 6) is 0.0347. The monoisotopic (exact) mass is 412 g/mol. The summed E-state index contributed by atoms with van der Waals surface area (Å²) in [5, 5.41) is 0. The number of amides is 1. The summed E-state index contributed by atoms with van der Waals surface area (Å²) in [6, 6.07) is 6.80. The molecule has 0 atom stereocenters. The first-order valence-corrected chi connectivity index (χ1v) is 11.2. The van der Waals surface area contributed by atoms with Crippen LogP contribution in [0, 0.1) is 12.7 Å². The second-order valence-corrected chi connectivity index (χ2v) is 8.65. The second kappa shape index (κ2) is 9.21. The molecule has 1 aromatic carbocycles. The van der Waals surface area contributed by atoms with Crippen molar-refractivity contribution in [3.05, 3.63) is 53.1 Å². The predicted molar refractivity (Wildman–Crippen MR) is 119 cm³/mol. The van der Waals surface area contributed by atoms with E-state index in [0.717, 1.165) is 88.3 Å². The van der Waals surface area contributed by atoms with Gasteiger partial charge in [0.2, 0.25) is 0 Å². The van der Waals surface area contributed by atoms with Crippen LogP contribution in [0.15, 0.2) is 30.5 Å². The van der Waals surface area contributed by atoms with Crippen molar-refractivity contribution >= 4 is 11.6 Å². The van der Waals surface area contributed by atoms with E-state index in [4.69, 9.17) is 0 Å². The lowest BCUT2D eigenvalue weighted by molar-refractivity contribution is 0.0756. The normalized spacial score (nSPS) is 17.9. The Bertz CT molecular complexity index is 868. The molecule has 0 saturated carbocycles. The van der Waals surface area contributed by atoms with E-state index in [0.29, 0.717) is 0 Å². The Kier molecular flexibility index (Phi) is 6.42. The molecule has 1 aromatic heterocycles. The van der Waals surface area contributed by atoms with Crippen LogP contribution in [0.4, 0.5) is 10.1 Å². The van der Waals surface area contributed by atoms with Crippen LogP contribution in [0.1, 0.15) is 40.9 Å². The van der Waals surface area contributed by atoms with Gasteiger partial charge in [0.1, 0.15) is 5.82 Å². The van der Waals surface area contributed by atoms with Crippen molar-refractivity contribution in [3.63, 3.8) is 0 Å². The van der Waals surface area contributed by atoms with E-state index in [2.05, 4.69) is 25.5 Å². The highest BCUT2D eigenvalue weighted by Crippen LogP contribution is 2.23. The number of nitrogens with zero attached hydrogens (tertiary/aromatic N) is 4. The molecule has 0 N–H and O–H groups in total. The fourth-order valence-corrected chi connectivity index (χ4v) is 4.86. The molecule has 2 aromatic rings. The van der Waals surface area contributed by atoms with Crippen LogP contribution < -0.4 is 4.90 Å². The smallest absolute Gasteiger partial charge is 0.255 e. The first kappa shape index (κ1) is 20.9. The highest BCUT2D eigenvalue weighted by atomic mass is 19.1. The Morgan fingerprint density at radius 1 is 0.967 bits per heavy atom. The van der Waals surface area contributed by atoms with Gasteiger partial charge in [-0.3, -0.25) is 9.69 Å². The Labute approximate surface area is 179 Å². The number of anilines is 1. The maximum atomic E-state index is 13.1. The van der Waals surface area contributed by atoms with Gasteiger partial charge < -0.3 is 14.4 Å². The molecule has 2 aliphatic rings. The summed E-state index contributed by atoms with van der Waals surface area (Å²) < 4.78 is 15.2. The van der Waals surface area contributed by atoms with E-state index < -0.39 is 0 Å². The molecular weight excluding hydrogens is 379 g/mol. The van der Waals surface area contributed by atoms with Gasteiger partial charge in [0.25, 0.3) is 5.91 Å². The van der Waals surface area contributed by atoms with Gasteiger partial charge in [0.05, 0.1) is 5.56 Å². The Hall–Kier alpha value is -2.34. The van der Waals surface area contributed by atoms with Crippen LogP contribution in [0.5, 0.6) is 0 Å². The third-order valence-electron chi connectivity index (χ3n) is 6.56. The number of benzene rings is 1. The second-order valence-electron chi connectivity index (χ2n) is 8.65. The van der Waals surface area contributed by atoms with Gasteiger partial charge >= 0.3 is 0 Å². The van der Waals surface area contributed by atoms with Gasteiger partial charge in [-0.15, -0.1) is 0 Å². The van der Waals surface area contributed by atoms with Gasteiger partial charge in [-0.2, -0.15) is 0 Å². The largest absolute Gasteiger partial charge is 0.369 e. The topological polar surface area (TPSA) is 31.7 Å². The Morgan fingerprint density at radius 3 is 2.40 bits per heavy atom. The van der Waals surface area contributed by atoms with Crippen molar-refractivity contribution in [2.75, 3.05) is 50.7 Å².